The van der Waals surface area contributed by atoms with E-state index in [1.807, 2.05) is 48.7 Å². The van der Waals surface area contributed by atoms with Crippen LogP contribution in [0.25, 0.3) is 5.69 Å². The van der Waals surface area contributed by atoms with Crippen LogP contribution in [0.1, 0.15) is 27.6 Å². The van der Waals surface area contributed by atoms with Crippen LogP contribution in [-0.2, 0) is 0 Å². The first-order chi connectivity index (χ1) is 11.5. The van der Waals surface area contributed by atoms with Crippen molar-refractivity contribution in [1.82, 2.24) is 14.8 Å². The Morgan fingerprint density at radius 1 is 1.25 bits per heavy atom. The smallest absolute Gasteiger partial charge is 0.277 e. The van der Waals surface area contributed by atoms with E-state index in [0.29, 0.717) is 21.7 Å². The number of ketones is 1. The van der Waals surface area contributed by atoms with E-state index >= 15 is 0 Å². The Kier molecular flexibility index (Phi) is 4.78. The fourth-order valence-corrected chi connectivity index (χ4v) is 3.47. The summed E-state index contributed by atoms with van der Waals surface area (Å²) < 4.78 is 7.31. The number of rotatable bonds is 5. The number of aromatic nitrogens is 3. The van der Waals surface area contributed by atoms with Gasteiger partial charge in [0.05, 0.1) is 5.75 Å². The van der Waals surface area contributed by atoms with Gasteiger partial charge in [0, 0.05) is 34.6 Å². The van der Waals surface area contributed by atoms with Crippen molar-refractivity contribution in [2.45, 2.75) is 26.0 Å². The highest BCUT2D eigenvalue weighted by Gasteiger charge is 2.18. The Hall–Kier alpha value is -2.05. The molecule has 0 aliphatic carbocycles. The van der Waals surface area contributed by atoms with E-state index in [1.165, 1.54) is 11.8 Å². The number of benzene rings is 1. The molecule has 2 aromatic heterocycles. The molecule has 24 heavy (non-hydrogen) atoms. The quantitative estimate of drug-likeness (QED) is 0.497. The predicted molar refractivity (Wildman–Crippen MR) is 94.3 cm³/mol. The second kappa shape index (κ2) is 6.83. The molecule has 2 heterocycles. The van der Waals surface area contributed by atoms with E-state index < -0.39 is 0 Å². The zero-order valence-corrected chi connectivity index (χ0v) is 15.1. The van der Waals surface area contributed by atoms with Crippen LogP contribution in [0.15, 0.2) is 40.0 Å². The molecule has 5 nitrogen and oxygen atoms in total. The zero-order valence-electron chi connectivity index (χ0n) is 13.5. The van der Waals surface area contributed by atoms with Crippen molar-refractivity contribution in [3.05, 3.63) is 58.2 Å². The van der Waals surface area contributed by atoms with Gasteiger partial charge in [0.2, 0.25) is 5.89 Å². The normalized spacial score (nSPS) is 11.0. The molecular weight excluding hydrogens is 346 g/mol. The second-order valence-corrected chi connectivity index (χ2v) is 6.76. The molecule has 0 amide bonds. The summed E-state index contributed by atoms with van der Waals surface area (Å²) in [6, 6.07) is 9.47. The lowest BCUT2D eigenvalue weighted by Gasteiger charge is -2.10. The van der Waals surface area contributed by atoms with Gasteiger partial charge >= 0.3 is 0 Å². The van der Waals surface area contributed by atoms with Gasteiger partial charge in [-0.2, -0.15) is 0 Å². The Balaban J connectivity index is 1.84. The summed E-state index contributed by atoms with van der Waals surface area (Å²) in [5.41, 5.74) is 3.51. The molecule has 0 spiro atoms. The minimum absolute atomic E-state index is 0.0252. The summed E-state index contributed by atoms with van der Waals surface area (Å²) >= 11 is 7.33. The van der Waals surface area contributed by atoms with Crippen molar-refractivity contribution < 1.29 is 9.21 Å². The van der Waals surface area contributed by atoms with E-state index in [1.54, 1.807) is 6.92 Å². The number of nitrogens with zero attached hydrogens (tertiary/aromatic N) is 3. The maximum Gasteiger partial charge on any atom is 0.277 e. The summed E-state index contributed by atoms with van der Waals surface area (Å²) in [6.45, 7) is 5.62. The van der Waals surface area contributed by atoms with Crippen LogP contribution in [0, 0.1) is 20.8 Å². The lowest BCUT2D eigenvalue weighted by Crippen LogP contribution is -2.05. The van der Waals surface area contributed by atoms with Crippen molar-refractivity contribution >= 4 is 29.1 Å². The molecule has 0 aliphatic heterocycles. The van der Waals surface area contributed by atoms with Crippen molar-refractivity contribution in [2.75, 3.05) is 5.75 Å². The van der Waals surface area contributed by atoms with E-state index in [9.17, 15) is 4.79 Å². The predicted octanol–water partition coefficient (Wildman–Crippen LogP) is 4.41. The Labute approximate surface area is 149 Å². The summed E-state index contributed by atoms with van der Waals surface area (Å²) in [5.74, 6) is 0.767. The molecule has 124 valence electrons. The first-order valence-corrected chi connectivity index (χ1v) is 8.73. The molecule has 1 aromatic carbocycles. The van der Waals surface area contributed by atoms with Crippen molar-refractivity contribution in [2.24, 2.45) is 0 Å². The largest absolute Gasteiger partial charge is 0.416 e. The molecule has 0 radical (unpaired) electrons. The lowest BCUT2D eigenvalue weighted by molar-refractivity contribution is 0.102. The molecule has 0 N–H and O–H groups in total. The van der Waals surface area contributed by atoms with E-state index in [4.69, 9.17) is 16.0 Å². The summed E-state index contributed by atoms with van der Waals surface area (Å²) in [6.07, 6.45) is 0. The fraction of sp³-hybridized carbons (Fsp3) is 0.235. The van der Waals surface area contributed by atoms with E-state index in [2.05, 4.69) is 10.2 Å². The van der Waals surface area contributed by atoms with Gasteiger partial charge in [-0.1, -0.05) is 29.4 Å². The standard InChI is InChI=1S/C17H16ClN3O2S/c1-10-7-15(16(22)9-24-17-20-19-12(3)23-17)11(2)21(10)14-6-4-5-13(18)8-14/h4-8H,9H2,1-3H3. The van der Waals surface area contributed by atoms with Crippen LogP contribution in [-0.4, -0.2) is 26.3 Å². The lowest BCUT2D eigenvalue weighted by atomic mass is 10.2. The van der Waals surface area contributed by atoms with E-state index in [0.717, 1.165) is 17.1 Å². The first kappa shape index (κ1) is 16.8. The topological polar surface area (TPSA) is 60.9 Å². The van der Waals surface area contributed by atoms with Crippen molar-refractivity contribution in [1.29, 1.82) is 0 Å². The molecule has 0 unspecified atom stereocenters. The Morgan fingerprint density at radius 2 is 2.04 bits per heavy atom. The van der Waals surface area contributed by atoms with Gasteiger partial charge in [-0.25, -0.2) is 0 Å². The number of carbonyl (C=O) groups is 1. The summed E-state index contributed by atoms with van der Waals surface area (Å²) in [4.78, 5) is 12.6. The van der Waals surface area contributed by atoms with Crippen LogP contribution < -0.4 is 0 Å². The maximum absolute atomic E-state index is 12.6. The van der Waals surface area contributed by atoms with Crippen LogP contribution in [0.5, 0.6) is 0 Å². The van der Waals surface area contributed by atoms with Gasteiger partial charge in [0.15, 0.2) is 5.78 Å². The van der Waals surface area contributed by atoms with Crippen LogP contribution >= 0.6 is 23.4 Å². The molecule has 3 aromatic rings. The monoisotopic (exact) mass is 361 g/mol. The van der Waals surface area contributed by atoms with E-state index in [-0.39, 0.29) is 11.5 Å². The Morgan fingerprint density at radius 3 is 2.71 bits per heavy atom. The van der Waals surface area contributed by atoms with Gasteiger partial charge in [-0.15, -0.1) is 10.2 Å². The summed E-state index contributed by atoms with van der Waals surface area (Å²) in [5, 5.41) is 8.71. The third kappa shape index (κ3) is 3.39. The van der Waals surface area contributed by atoms with Crippen molar-refractivity contribution in [3.8, 4) is 5.69 Å². The second-order valence-electron chi connectivity index (χ2n) is 5.40. The third-order valence-electron chi connectivity index (χ3n) is 3.63. The van der Waals surface area contributed by atoms with Gasteiger partial charge in [-0.3, -0.25) is 4.79 Å². The highest BCUT2D eigenvalue weighted by Crippen LogP contribution is 2.25. The average molecular weight is 362 g/mol. The SMILES string of the molecule is Cc1nnc(SCC(=O)c2cc(C)n(-c3cccc(Cl)c3)c2C)o1. The maximum atomic E-state index is 12.6. The fourth-order valence-electron chi connectivity index (χ4n) is 2.60. The number of thioether (sulfide) groups is 1. The molecule has 0 saturated heterocycles. The van der Waals surface area contributed by atoms with Gasteiger partial charge < -0.3 is 8.98 Å². The third-order valence-corrected chi connectivity index (χ3v) is 4.69. The number of carbonyl (C=O) groups excluding carboxylic acids is 1. The van der Waals surface area contributed by atoms with Crippen LogP contribution in [0.3, 0.4) is 0 Å². The molecular formula is C17H16ClN3O2S. The molecule has 0 aliphatic rings. The number of aryl methyl sites for hydroxylation is 2. The molecule has 0 fully saturated rings. The first-order valence-electron chi connectivity index (χ1n) is 7.36. The molecule has 7 heteroatoms. The minimum Gasteiger partial charge on any atom is -0.416 e. The summed E-state index contributed by atoms with van der Waals surface area (Å²) in [7, 11) is 0. The van der Waals surface area contributed by atoms with Crippen molar-refractivity contribution in [3.63, 3.8) is 0 Å². The molecule has 0 bridgehead atoms. The van der Waals surface area contributed by atoms with Crippen LogP contribution in [0.2, 0.25) is 5.02 Å². The van der Waals surface area contributed by atoms with Crippen LogP contribution in [0.4, 0.5) is 0 Å². The number of Topliss-reactive ketones (excluding diaryl/α,β-unsaturated/α-hetero) is 1. The van der Waals surface area contributed by atoms with Gasteiger partial charge in [0.25, 0.3) is 5.22 Å². The number of hydrogen-bond donors (Lipinski definition) is 0. The molecule has 0 atom stereocenters. The minimum atomic E-state index is 0.0252. The molecule has 0 saturated carbocycles. The van der Waals surface area contributed by atoms with Gasteiger partial charge in [0.1, 0.15) is 0 Å². The zero-order chi connectivity index (χ0) is 17.3. The van der Waals surface area contributed by atoms with Gasteiger partial charge in [-0.05, 0) is 38.1 Å². The average Bonchev–Trinajstić information content (AvgIpc) is 3.08. The Bertz CT molecular complexity index is 901. The highest BCUT2D eigenvalue weighted by atomic mass is 35.5. The number of halogens is 1. The molecule has 3 rings (SSSR count). The number of hydrogen-bond acceptors (Lipinski definition) is 5. The highest BCUT2D eigenvalue weighted by molar-refractivity contribution is 7.99.